The Morgan fingerprint density at radius 2 is 1.72 bits per heavy atom. The molecule has 5 heteroatoms. The molecule has 3 aromatic rings. The maximum atomic E-state index is 13.1. The molecule has 0 bridgehead atoms. The summed E-state index contributed by atoms with van der Waals surface area (Å²) in [7, 11) is 0. The Kier molecular flexibility index (Phi) is 6.63. The van der Waals surface area contributed by atoms with E-state index in [4.69, 9.17) is 4.42 Å². The number of rotatable bonds is 7. The summed E-state index contributed by atoms with van der Waals surface area (Å²) in [4.78, 5) is 25.7. The highest BCUT2D eigenvalue weighted by molar-refractivity contribution is 6.05. The molecule has 148 valence electrons. The molecule has 5 nitrogen and oxygen atoms in total. The first-order valence-corrected chi connectivity index (χ1v) is 9.56. The number of benzene rings is 2. The third-order valence-electron chi connectivity index (χ3n) is 4.64. The summed E-state index contributed by atoms with van der Waals surface area (Å²) < 4.78 is 5.33. The van der Waals surface area contributed by atoms with Crippen molar-refractivity contribution >= 4 is 17.9 Å². The summed E-state index contributed by atoms with van der Waals surface area (Å²) in [5, 5.41) is 5.75. The van der Waals surface area contributed by atoms with Crippen molar-refractivity contribution in [1.82, 2.24) is 10.6 Å². The first-order chi connectivity index (χ1) is 14.1. The molecule has 29 heavy (non-hydrogen) atoms. The van der Waals surface area contributed by atoms with Gasteiger partial charge in [-0.25, -0.2) is 0 Å². The fourth-order valence-corrected chi connectivity index (χ4v) is 3.07. The Labute approximate surface area is 170 Å². The van der Waals surface area contributed by atoms with E-state index in [1.807, 2.05) is 44.2 Å². The maximum absolute atomic E-state index is 13.1. The largest absolute Gasteiger partial charge is 0.465 e. The number of carbonyl (C=O) groups excluding carboxylic acids is 2. The van der Waals surface area contributed by atoms with Crippen LogP contribution < -0.4 is 10.6 Å². The van der Waals surface area contributed by atoms with E-state index in [1.165, 1.54) is 12.3 Å². The van der Waals surface area contributed by atoms with Gasteiger partial charge < -0.3 is 15.1 Å². The van der Waals surface area contributed by atoms with E-state index in [0.717, 1.165) is 17.5 Å². The van der Waals surface area contributed by atoms with Crippen LogP contribution in [0.3, 0.4) is 0 Å². The van der Waals surface area contributed by atoms with Crippen LogP contribution in [0.4, 0.5) is 0 Å². The van der Waals surface area contributed by atoms with Gasteiger partial charge in [0.25, 0.3) is 11.8 Å². The van der Waals surface area contributed by atoms with E-state index in [-0.39, 0.29) is 23.6 Å². The van der Waals surface area contributed by atoms with Crippen molar-refractivity contribution < 1.29 is 14.0 Å². The monoisotopic (exact) mass is 388 g/mol. The van der Waals surface area contributed by atoms with Crippen LogP contribution in [0, 0.1) is 6.92 Å². The van der Waals surface area contributed by atoms with Crippen molar-refractivity contribution in [1.29, 1.82) is 0 Å². The molecule has 0 fully saturated rings. The lowest BCUT2D eigenvalue weighted by Crippen LogP contribution is -2.37. The second-order valence-electron chi connectivity index (χ2n) is 6.68. The van der Waals surface area contributed by atoms with Gasteiger partial charge in [0.15, 0.2) is 0 Å². The number of furan rings is 1. The quantitative estimate of drug-likeness (QED) is 0.580. The average Bonchev–Trinajstić information content (AvgIpc) is 3.25. The topological polar surface area (TPSA) is 71.3 Å². The van der Waals surface area contributed by atoms with E-state index in [0.29, 0.717) is 11.3 Å². The summed E-state index contributed by atoms with van der Waals surface area (Å²) in [5.74, 6) is -0.254. The highest BCUT2D eigenvalue weighted by atomic mass is 16.3. The third kappa shape index (κ3) is 5.23. The van der Waals surface area contributed by atoms with Crippen molar-refractivity contribution in [2.75, 3.05) is 0 Å². The van der Waals surface area contributed by atoms with E-state index in [1.54, 1.807) is 36.4 Å². The number of aryl methyl sites for hydroxylation is 1. The minimum absolute atomic E-state index is 0.126. The first kappa shape index (κ1) is 20.1. The van der Waals surface area contributed by atoms with Crippen molar-refractivity contribution in [2.45, 2.75) is 26.3 Å². The molecule has 2 aromatic carbocycles. The van der Waals surface area contributed by atoms with Crippen LogP contribution in [0.5, 0.6) is 0 Å². The lowest BCUT2D eigenvalue weighted by molar-refractivity contribution is -0.118. The molecule has 1 atom stereocenters. The third-order valence-corrected chi connectivity index (χ3v) is 4.64. The summed E-state index contributed by atoms with van der Waals surface area (Å²) in [6.07, 6.45) is 3.76. The van der Waals surface area contributed by atoms with Crippen molar-refractivity contribution in [3.63, 3.8) is 0 Å². The van der Waals surface area contributed by atoms with Gasteiger partial charge in [-0.15, -0.1) is 0 Å². The predicted molar refractivity (Wildman–Crippen MR) is 113 cm³/mol. The van der Waals surface area contributed by atoms with Gasteiger partial charge in [0.2, 0.25) is 0 Å². The van der Waals surface area contributed by atoms with Crippen LogP contribution in [0.2, 0.25) is 0 Å². The molecule has 2 N–H and O–H groups in total. The Balaban J connectivity index is 1.84. The van der Waals surface area contributed by atoms with Crippen molar-refractivity contribution in [2.24, 2.45) is 0 Å². The van der Waals surface area contributed by atoms with Crippen molar-refractivity contribution in [3.05, 3.63) is 101 Å². The van der Waals surface area contributed by atoms with E-state index in [9.17, 15) is 9.59 Å². The van der Waals surface area contributed by atoms with E-state index in [2.05, 4.69) is 10.6 Å². The number of carbonyl (C=O) groups is 2. The molecule has 0 spiro atoms. The van der Waals surface area contributed by atoms with Crippen LogP contribution in [0.1, 0.15) is 46.6 Å². The minimum Gasteiger partial charge on any atom is -0.465 e. The fraction of sp³-hybridized carbons (Fsp3) is 0.167. The molecule has 2 amide bonds. The normalized spacial score (nSPS) is 12.3. The lowest BCUT2D eigenvalue weighted by atomic mass is 9.99. The van der Waals surface area contributed by atoms with Gasteiger partial charge in [-0.2, -0.15) is 0 Å². The van der Waals surface area contributed by atoms with Crippen LogP contribution in [-0.2, 0) is 4.79 Å². The molecule has 1 aromatic heterocycles. The van der Waals surface area contributed by atoms with Crippen LogP contribution in [0.25, 0.3) is 6.08 Å². The zero-order chi connectivity index (χ0) is 20.6. The zero-order valence-electron chi connectivity index (χ0n) is 16.5. The van der Waals surface area contributed by atoms with Gasteiger partial charge in [0.1, 0.15) is 11.5 Å². The summed E-state index contributed by atoms with van der Waals surface area (Å²) in [6, 6.07) is 20.0. The lowest BCUT2D eigenvalue weighted by Gasteiger charge is -2.20. The summed E-state index contributed by atoms with van der Waals surface area (Å²) >= 11 is 0. The Morgan fingerprint density at radius 1 is 1.00 bits per heavy atom. The van der Waals surface area contributed by atoms with E-state index < -0.39 is 0 Å². The molecule has 0 radical (unpaired) electrons. The fourth-order valence-electron chi connectivity index (χ4n) is 3.07. The van der Waals surface area contributed by atoms with Gasteiger partial charge in [-0.3, -0.25) is 9.59 Å². The molecule has 0 aliphatic carbocycles. The molecule has 0 aliphatic heterocycles. The van der Waals surface area contributed by atoms with Crippen LogP contribution in [-0.4, -0.2) is 11.8 Å². The molecule has 3 rings (SSSR count). The Morgan fingerprint density at radius 3 is 2.38 bits per heavy atom. The molecular formula is C24H24N2O3. The summed E-state index contributed by atoms with van der Waals surface area (Å²) in [5.41, 5.74) is 2.75. The van der Waals surface area contributed by atoms with E-state index >= 15 is 0 Å². The summed E-state index contributed by atoms with van der Waals surface area (Å²) in [6.45, 7) is 4.02. The standard InChI is InChI=1S/C24H24N2O3/c1-3-21(20-14-8-7-10-17(20)2)25-24(28)22(16-19-13-9-15-29-19)26-23(27)18-11-5-4-6-12-18/h4-16,21H,3H2,1-2H3,(H,25,28)(H,26,27)/b22-16-. The molecule has 0 saturated heterocycles. The average molecular weight is 388 g/mol. The smallest absolute Gasteiger partial charge is 0.268 e. The number of amides is 2. The van der Waals surface area contributed by atoms with Crippen LogP contribution >= 0.6 is 0 Å². The molecule has 0 aliphatic rings. The predicted octanol–water partition coefficient (Wildman–Crippen LogP) is 4.63. The van der Waals surface area contributed by atoms with Gasteiger partial charge in [-0.1, -0.05) is 49.4 Å². The maximum Gasteiger partial charge on any atom is 0.268 e. The zero-order valence-corrected chi connectivity index (χ0v) is 16.5. The number of hydrogen-bond donors (Lipinski definition) is 2. The molecule has 1 unspecified atom stereocenters. The van der Waals surface area contributed by atoms with Gasteiger partial charge in [0.05, 0.1) is 12.3 Å². The minimum atomic E-state index is -0.374. The second-order valence-corrected chi connectivity index (χ2v) is 6.68. The Hall–Kier alpha value is -3.60. The van der Waals surface area contributed by atoms with Gasteiger partial charge in [-0.05, 0) is 48.7 Å². The molecular weight excluding hydrogens is 364 g/mol. The first-order valence-electron chi connectivity index (χ1n) is 9.56. The van der Waals surface area contributed by atoms with Gasteiger partial charge >= 0.3 is 0 Å². The van der Waals surface area contributed by atoms with Crippen LogP contribution in [0.15, 0.2) is 83.1 Å². The highest BCUT2D eigenvalue weighted by Gasteiger charge is 2.20. The number of nitrogens with one attached hydrogen (secondary N) is 2. The highest BCUT2D eigenvalue weighted by Crippen LogP contribution is 2.21. The second kappa shape index (κ2) is 9.55. The number of hydrogen-bond acceptors (Lipinski definition) is 3. The molecule has 1 heterocycles. The Bertz CT molecular complexity index is 992. The van der Waals surface area contributed by atoms with Gasteiger partial charge in [0, 0.05) is 11.6 Å². The SMILES string of the molecule is CCC(NC(=O)/C(=C/c1ccco1)NC(=O)c1ccccc1)c1ccccc1C. The van der Waals surface area contributed by atoms with Crippen molar-refractivity contribution in [3.8, 4) is 0 Å². The molecule has 0 saturated carbocycles.